The van der Waals surface area contributed by atoms with E-state index in [1.807, 2.05) is 29.2 Å². The first kappa shape index (κ1) is 25.3. The summed E-state index contributed by atoms with van der Waals surface area (Å²) >= 11 is 5.33. The summed E-state index contributed by atoms with van der Waals surface area (Å²) in [5.41, 5.74) is 2.90. The van der Waals surface area contributed by atoms with Crippen LogP contribution in [0.2, 0.25) is 0 Å². The van der Waals surface area contributed by atoms with Gasteiger partial charge in [0, 0.05) is 48.7 Å². The number of fused-ring (bicyclic) bond motifs is 1. The zero-order valence-electron chi connectivity index (χ0n) is 20.9. The molecule has 3 aromatic rings. The van der Waals surface area contributed by atoms with E-state index < -0.39 is 0 Å². The number of nitrogens with one attached hydrogen (secondary N) is 2. The average molecular weight is 533 g/mol. The van der Waals surface area contributed by atoms with Crippen LogP contribution < -0.4 is 29.7 Å². The molecule has 196 valence electrons. The second-order valence-electron chi connectivity index (χ2n) is 8.82. The van der Waals surface area contributed by atoms with Crippen molar-refractivity contribution in [2.75, 3.05) is 56.7 Å². The molecule has 2 amide bonds. The number of carbonyl (C=O) groups is 2. The lowest BCUT2D eigenvalue weighted by molar-refractivity contribution is 0.0746. The van der Waals surface area contributed by atoms with Gasteiger partial charge >= 0.3 is 0 Å². The molecule has 5 rings (SSSR count). The molecule has 9 nitrogen and oxygen atoms in total. The number of ether oxygens (including phenoxy) is 3. The Morgan fingerprint density at radius 2 is 1.50 bits per heavy atom. The number of rotatable bonds is 5. The van der Waals surface area contributed by atoms with Crippen molar-refractivity contribution in [3.05, 3.63) is 77.9 Å². The van der Waals surface area contributed by atoms with Gasteiger partial charge in [0.2, 0.25) is 0 Å². The molecule has 2 heterocycles. The van der Waals surface area contributed by atoms with Crippen LogP contribution in [-0.2, 0) is 0 Å². The predicted molar refractivity (Wildman–Crippen MR) is 149 cm³/mol. The largest absolute Gasteiger partial charge is 0.497 e. The van der Waals surface area contributed by atoms with Gasteiger partial charge in [-0.1, -0.05) is 0 Å². The number of piperazine rings is 1. The highest BCUT2D eigenvalue weighted by Crippen LogP contribution is 2.30. The van der Waals surface area contributed by atoms with E-state index in [1.54, 1.807) is 49.6 Å². The Balaban J connectivity index is 1.11. The summed E-state index contributed by atoms with van der Waals surface area (Å²) in [4.78, 5) is 29.5. The quantitative estimate of drug-likeness (QED) is 0.482. The fraction of sp³-hybridized carbons (Fsp3) is 0.250. The standard InChI is InChI=1S/C28H28N4O5S/c1-35-23-9-2-19(3-10-23)27(34)32-14-12-31(13-15-32)22-7-5-21(6-8-22)29-28(38)30-26(33)20-4-11-24-25(18-20)37-17-16-36-24/h2-11,18H,12-17H2,1H3,(H2,29,30,33,38). The van der Waals surface area contributed by atoms with E-state index in [1.165, 1.54) is 0 Å². The van der Waals surface area contributed by atoms with Gasteiger partial charge in [-0.05, 0) is 78.9 Å². The van der Waals surface area contributed by atoms with Crippen LogP contribution in [-0.4, -0.2) is 68.3 Å². The topological polar surface area (TPSA) is 92.4 Å². The van der Waals surface area contributed by atoms with Gasteiger partial charge in [-0.25, -0.2) is 0 Å². The SMILES string of the molecule is COc1ccc(C(=O)N2CCN(c3ccc(NC(=S)NC(=O)c4ccc5c(c4)OCCO5)cc3)CC2)cc1. The Bertz CT molecular complexity index is 1320. The lowest BCUT2D eigenvalue weighted by atomic mass is 10.1. The first-order valence-corrected chi connectivity index (χ1v) is 12.7. The summed E-state index contributed by atoms with van der Waals surface area (Å²) in [7, 11) is 1.61. The molecular formula is C28H28N4O5S. The minimum absolute atomic E-state index is 0.0265. The molecule has 0 saturated carbocycles. The second kappa shape index (κ2) is 11.4. The number of amides is 2. The summed E-state index contributed by atoms with van der Waals surface area (Å²) in [5.74, 6) is 1.59. The maximum absolute atomic E-state index is 12.8. The Morgan fingerprint density at radius 1 is 0.842 bits per heavy atom. The molecular weight excluding hydrogens is 504 g/mol. The number of nitrogens with zero attached hydrogens (tertiary/aromatic N) is 2. The molecule has 2 aliphatic rings. The highest BCUT2D eigenvalue weighted by Gasteiger charge is 2.22. The number of hydrogen-bond acceptors (Lipinski definition) is 7. The smallest absolute Gasteiger partial charge is 0.257 e. The molecule has 0 unspecified atom stereocenters. The molecule has 2 aliphatic heterocycles. The van der Waals surface area contributed by atoms with E-state index in [0.29, 0.717) is 48.9 Å². The van der Waals surface area contributed by atoms with Crippen LogP contribution in [0.1, 0.15) is 20.7 Å². The number of anilines is 2. The van der Waals surface area contributed by atoms with Gasteiger partial charge in [-0.3, -0.25) is 14.9 Å². The third kappa shape index (κ3) is 5.81. The summed E-state index contributed by atoms with van der Waals surface area (Å²) in [6.45, 7) is 3.69. The predicted octanol–water partition coefficient (Wildman–Crippen LogP) is 3.56. The average Bonchev–Trinajstić information content (AvgIpc) is 2.97. The van der Waals surface area contributed by atoms with E-state index in [0.717, 1.165) is 30.2 Å². The van der Waals surface area contributed by atoms with E-state index in [2.05, 4.69) is 15.5 Å². The van der Waals surface area contributed by atoms with Crippen molar-refractivity contribution in [1.29, 1.82) is 0 Å². The summed E-state index contributed by atoms with van der Waals surface area (Å²) in [5, 5.41) is 5.94. The molecule has 3 aromatic carbocycles. The van der Waals surface area contributed by atoms with Crippen molar-refractivity contribution in [3.63, 3.8) is 0 Å². The Kier molecular flexibility index (Phi) is 7.60. The highest BCUT2D eigenvalue weighted by atomic mass is 32.1. The summed E-state index contributed by atoms with van der Waals surface area (Å²) < 4.78 is 16.2. The van der Waals surface area contributed by atoms with Crippen molar-refractivity contribution in [2.24, 2.45) is 0 Å². The zero-order valence-corrected chi connectivity index (χ0v) is 21.8. The first-order valence-electron chi connectivity index (χ1n) is 12.3. The van der Waals surface area contributed by atoms with Gasteiger partial charge < -0.3 is 29.3 Å². The fourth-order valence-electron chi connectivity index (χ4n) is 4.36. The molecule has 0 aromatic heterocycles. The number of methoxy groups -OCH3 is 1. The van der Waals surface area contributed by atoms with Crippen LogP contribution in [0.25, 0.3) is 0 Å². The maximum atomic E-state index is 12.8. The molecule has 38 heavy (non-hydrogen) atoms. The molecule has 0 atom stereocenters. The number of hydrogen-bond donors (Lipinski definition) is 2. The Labute approximate surface area is 226 Å². The second-order valence-corrected chi connectivity index (χ2v) is 9.23. The molecule has 10 heteroatoms. The van der Waals surface area contributed by atoms with Crippen LogP contribution in [0.3, 0.4) is 0 Å². The van der Waals surface area contributed by atoms with Crippen molar-refractivity contribution < 1.29 is 23.8 Å². The van der Waals surface area contributed by atoms with E-state index in [9.17, 15) is 9.59 Å². The molecule has 0 spiro atoms. The van der Waals surface area contributed by atoms with E-state index >= 15 is 0 Å². The monoisotopic (exact) mass is 532 g/mol. The number of thiocarbonyl (C=S) groups is 1. The van der Waals surface area contributed by atoms with Crippen molar-refractivity contribution in [1.82, 2.24) is 10.2 Å². The number of carbonyl (C=O) groups excluding carboxylic acids is 2. The van der Waals surface area contributed by atoms with Crippen LogP contribution in [0, 0.1) is 0 Å². The van der Waals surface area contributed by atoms with E-state index in [-0.39, 0.29) is 16.9 Å². The molecule has 0 radical (unpaired) electrons. The minimum Gasteiger partial charge on any atom is -0.497 e. The Hall–Kier alpha value is -4.31. The van der Waals surface area contributed by atoms with Crippen LogP contribution in [0.15, 0.2) is 66.7 Å². The zero-order chi connectivity index (χ0) is 26.5. The fourth-order valence-corrected chi connectivity index (χ4v) is 4.57. The lowest BCUT2D eigenvalue weighted by Crippen LogP contribution is -2.48. The molecule has 1 saturated heterocycles. The van der Waals surface area contributed by atoms with Crippen molar-refractivity contribution in [2.45, 2.75) is 0 Å². The highest BCUT2D eigenvalue weighted by molar-refractivity contribution is 7.80. The van der Waals surface area contributed by atoms with Gasteiger partial charge in [0.05, 0.1) is 7.11 Å². The van der Waals surface area contributed by atoms with Crippen molar-refractivity contribution in [3.8, 4) is 17.2 Å². The number of benzene rings is 3. The minimum atomic E-state index is -0.335. The Morgan fingerprint density at radius 3 is 2.18 bits per heavy atom. The van der Waals surface area contributed by atoms with Gasteiger partial charge in [-0.15, -0.1) is 0 Å². The van der Waals surface area contributed by atoms with E-state index in [4.69, 9.17) is 26.4 Å². The third-order valence-corrected chi connectivity index (χ3v) is 6.63. The van der Waals surface area contributed by atoms with Gasteiger partial charge in [0.25, 0.3) is 11.8 Å². The van der Waals surface area contributed by atoms with Crippen LogP contribution in [0.4, 0.5) is 11.4 Å². The first-order chi connectivity index (χ1) is 18.5. The van der Waals surface area contributed by atoms with Crippen molar-refractivity contribution >= 4 is 40.5 Å². The van der Waals surface area contributed by atoms with Gasteiger partial charge in [0.15, 0.2) is 16.6 Å². The van der Waals surface area contributed by atoms with Crippen LogP contribution in [0.5, 0.6) is 17.2 Å². The molecule has 2 N–H and O–H groups in total. The molecule has 1 fully saturated rings. The molecule has 0 bridgehead atoms. The van der Waals surface area contributed by atoms with Crippen LogP contribution >= 0.6 is 12.2 Å². The van der Waals surface area contributed by atoms with Gasteiger partial charge in [0.1, 0.15) is 19.0 Å². The lowest BCUT2D eigenvalue weighted by Gasteiger charge is -2.36. The maximum Gasteiger partial charge on any atom is 0.257 e. The summed E-state index contributed by atoms with van der Waals surface area (Å²) in [6, 6.07) is 20.0. The summed E-state index contributed by atoms with van der Waals surface area (Å²) in [6.07, 6.45) is 0. The third-order valence-electron chi connectivity index (χ3n) is 6.43. The normalized spacial score (nSPS) is 14.4. The van der Waals surface area contributed by atoms with Gasteiger partial charge in [-0.2, -0.15) is 0 Å². The molecule has 0 aliphatic carbocycles.